The molecule has 0 aliphatic carbocycles. The molecular formula is C24H28N4O2. The van der Waals surface area contributed by atoms with Crippen LogP contribution in [0.4, 0.5) is 0 Å². The first kappa shape index (κ1) is 20.3. The van der Waals surface area contributed by atoms with Gasteiger partial charge >= 0.3 is 0 Å². The number of benzene rings is 1. The van der Waals surface area contributed by atoms with E-state index in [9.17, 15) is 4.79 Å². The Bertz CT molecular complexity index is 985. The van der Waals surface area contributed by atoms with Gasteiger partial charge in [0.1, 0.15) is 0 Å². The minimum absolute atomic E-state index is 0.00627. The standard InChI is InChI=1S/C24H28N4O2/c1-18-13-23(19(2)28(18)21-9-6-10-25-14-21)24(29)26-15-22-17-27(11-12-30-22)16-20-7-4-3-5-8-20/h3-10,13-14,22H,11-12,15-17H2,1-2H3,(H,26,29). The van der Waals surface area contributed by atoms with E-state index in [4.69, 9.17) is 4.74 Å². The number of hydrogen-bond acceptors (Lipinski definition) is 4. The van der Waals surface area contributed by atoms with Gasteiger partial charge in [-0.25, -0.2) is 0 Å². The molecule has 1 unspecified atom stereocenters. The summed E-state index contributed by atoms with van der Waals surface area (Å²) in [4.78, 5) is 19.4. The van der Waals surface area contributed by atoms with Crippen LogP contribution in [0, 0.1) is 13.8 Å². The summed E-state index contributed by atoms with van der Waals surface area (Å²) in [5, 5.41) is 3.07. The van der Waals surface area contributed by atoms with E-state index in [0.717, 1.165) is 36.7 Å². The molecule has 156 valence electrons. The Hall–Kier alpha value is -2.96. The number of pyridine rings is 1. The summed E-state index contributed by atoms with van der Waals surface area (Å²) >= 11 is 0. The Balaban J connectivity index is 1.37. The second-order valence-electron chi connectivity index (χ2n) is 7.75. The number of nitrogens with zero attached hydrogens (tertiary/aromatic N) is 3. The molecule has 1 saturated heterocycles. The maximum atomic E-state index is 12.9. The molecule has 4 rings (SSSR count). The average Bonchev–Trinajstić information content (AvgIpc) is 3.07. The van der Waals surface area contributed by atoms with Crippen molar-refractivity contribution >= 4 is 5.91 Å². The van der Waals surface area contributed by atoms with Crippen LogP contribution in [0.15, 0.2) is 60.9 Å². The summed E-state index contributed by atoms with van der Waals surface area (Å²) in [5.41, 5.74) is 4.86. The van der Waals surface area contributed by atoms with Crippen LogP contribution in [0.2, 0.25) is 0 Å². The molecule has 0 saturated carbocycles. The number of rotatable bonds is 6. The zero-order chi connectivity index (χ0) is 20.9. The van der Waals surface area contributed by atoms with Crippen molar-refractivity contribution in [2.24, 2.45) is 0 Å². The number of nitrogens with one attached hydrogen (secondary N) is 1. The first-order chi connectivity index (χ1) is 14.6. The van der Waals surface area contributed by atoms with Crippen molar-refractivity contribution in [3.05, 3.63) is 83.4 Å². The van der Waals surface area contributed by atoms with Crippen LogP contribution < -0.4 is 5.32 Å². The molecule has 6 heteroatoms. The number of morpholine rings is 1. The Morgan fingerprint density at radius 3 is 2.80 bits per heavy atom. The number of carbonyl (C=O) groups is 1. The van der Waals surface area contributed by atoms with Crippen LogP contribution >= 0.6 is 0 Å². The maximum absolute atomic E-state index is 12.9. The summed E-state index contributed by atoms with van der Waals surface area (Å²) in [6.07, 6.45) is 3.54. The van der Waals surface area contributed by atoms with Crippen LogP contribution in [0.25, 0.3) is 5.69 Å². The van der Waals surface area contributed by atoms with Crippen molar-refractivity contribution in [3.63, 3.8) is 0 Å². The lowest BCUT2D eigenvalue weighted by Crippen LogP contribution is -2.47. The van der Waals surface area contributed by atoms with Gasteiger partial charge in [0.2, 0.25) is 0 Å². The fraction of sp³-hybridized carbons (Fsp3) is 0.333. The highest BCUT2D eigenvalue weighted by Gasteiger charge is 2.22. The highest BCUT2D eigenvalue weighted by Crippen LogP contribution is 2.20. The quantitative estimate of drug-likeness (QED) is 0.686. The van der Waals surface area contributed by atoms with Crippen LogP contribution in [0.1, 0.15) is 27.3 Å². The zero-order valence-corrected chi connectivity index (χ0v) is 17.5. The SMILES string of the molecule is Cc1cc(C(=O)NCC2CN(Cc3ccccc3)CCO2)c(C)n1-c1cccnc1. The fourth-order valence-corrected chi connectivity index (χ4v) is 4.07. The van der Waals surface area contributed by atoms with E-state index in [1.165, 1.54) is 5.56 Å². The number of carbonyl (C=O) groups excluding carboxylic acids is 1. The van der Waals surface area contributed by atoms with Gasteiger partial charge in [-0.05, 0) is 37.6 Å². The van der Waals surface area contributed by atoms with E-state index in [0.29, 0.717) is 18.7 Å². The Morgan fingerprint density at radius 2 is 2.03 bits per heavy atom. The molecule has 0 spiro atoms. The van der Waals surface area contributed by atoms with Gasteiger partial charge in [-0.2, -0.15) is 0 Å². The summed E-state index contributed by atoms with van der Waals surface area (Å²) in [7, 11) is 0. The van der Waals surface area contributed by atoms with Gasteiger partial charge in [0.05, 0.1) is 30.2 Å². The van der Waals surface area contributed by atoms with Gasteiger partial charge in [-0.3, -0.25) is 14.7 Å². The summed E-state index contributed by atoms with van der Waals surface area (Å²) in [5.74, 6) is -0.0676. The maximum Gasteiger partial charge on any atom is 0.253 e. The van der Waals surface area contributed by atoms with Crippen molar-refractivity contribution in [1.29, 1.82) is 0 Å². The van der Waals surface area contributed by atoms with Crippen LogP contribution in [-0.2, 0) is 11.3 Å². The minimum Gasteiger partial charge on any atom is -0.374 e. The average molecular weight is 405 g/mol. The van der Waals surface area contributed by atoms with Crippen LogP contribution in [0.5, 0.6) is 0 Å². The predicted molar refractivity (Wildman–Crippen MR) is 117 cm³/mol. The molecule has 6 nitrogen and oxygen atoms in total. The zero-order valence-electron chi connectivity index (χ0n) is 17.5. The van der Waals surface area contributed by atoms with E-state index in [1.807, 2.05) is 38.1 Å². The van der Waals surface area contributed by atoms with E-state index < -0.39 is 0 Å². The van der Waals surface area contributed by atoms with Crippen molar-refractivity contribution in [1.82, 2.24) is 19.8 Å². The topological polar surface area (TPSA) is 59.4 Å². The van der Waals surface area contributed by atoms with Gasteiger partial charge in [-0.15, -0.1) is 0 Å². The molecule has 30 heavy (non-hydrogen) atoms. The number of hydrogen-bond donors (Lipinski definition) is 1. The molecule has 1 aliphatic rings. The van der Waals surface area contributed by atoms with Crippen LogP contribution in [0.3, 0.4) is 0 Å². The molecule has 1 atom stereocenters. The van der Waals surface area contributed by atoms with Crippen LogP contribution in [-0.4, -0.2) is 52.7 Å². The Morgan fingerprint density at radius 1 is 1.20 bits per heavy atom. The van der Waals surface area contributed by atoms with Crippen molar-refractivity contribution in [2.45, 2.75) is 26.5 Å². The number of aryl methyl sites for hydroxylation is 1. The third kappa shape index (κ3) is 4.61. The lowest BCUT2D eigenvalue weighted by Gasteiger charge is -2.33. The molecule has 0 radical (unpaired) electrons. The van der Waals surface area contributed by atoms with Gasteiger partial charge in [0, 0.05) is 43.8 Å². The molecular weight excluding hydrogens is 376 g/mol. The first-order valence-corrected chi connectivity index (χ1v) is 10.4. The number of aromatic nitrogens is 2. The highest BCUT2D eigenvalue weighted by atomic mass is 16.5. The lowest BCUT2D eigenvalue weighted by molar-refractivity contribution is -0.0292. The predicted octanol–water partition coefficient (Wildman–Crippen LogP) is 3.12. The largest absolute Gasteiger partial charge is 0.374 e. The van der Waals surface area contributed by atoms with Crippen molar-refractivity contribution < 1.29 is 9.53 Å². The van der Waals surface area contributed by atoms with Gasteiger partial charge < -0.3 is 14.6 Å². The minimum atomic E-state index is -0.0676. The molecule has 1 amide bonds. The number of ether oxygens (including phenoxy) is 1. The van der Waals surface area contributed by atoms with Gasteiger partial charge in [0.25, 0.3) is 5.91 Å². The molecule has 0 bridgehead atoms. The second-order valence-corrected chi connectivity index (χ2v) is 7.75. The molecule has 3 heterocycles. The first-order valence-electron chi connectivity index (χ1n) is 10.4. The molecule has 2 aromatic heterocycles. The van der Waals surface area contributed by atoms with Gasteiger partial charge in [-0.1, -0.05) is 30.3 Å². The number of amides is 1. The highest BCUT2D eigenvalue weighted by molar-refractivity contribution is 5.95. The van der Waals surface area contributed by atoms with Crippen molar-refractivity contribution in [2.75, 3.05) is 26.2 Å². The monoisotopic (exact) mass is 404 g/mol. The van der Waals surface area contributed by atoms with E-state index >= 15 is 0 Å². The summed E-state index contributed by atoms with van der Waals surface area (Å²) in [6.45, 7) is 7.77. The van der Waals surface area contributed by atoms with Gasteiger partial charge in [0.15, 0.2) is 0 Å². The Kier molecular flexibility index (Phi) is 6.26. The summed E-state index contributed by atoms with van der Waals surface area (Å²) < 4.78 is 7.95. The normalized spacial score (nSPS) is 17.1. The third-order valence-corrected chi connectivity index (χ3v) is 5.54. The Labute approximate surface area is 177 Å². The summed E-state index contributed by atoms with van der Waals surface area (Å²) in [6, 6.07) is 16.3. The van der Waals surface area contributed by atoms with Crippen molar-refractivity contribution in [3.8, 4) is 5.69 Å². The molecule has 1 fully saturated rings. The van der Waals surface area contributed by atoms with E-state index in [-0.39, 0.29) is 12.0 Å². The lowest BCUT2D eigenvalue weighted by atomic mass is 10.2. The van der Waals surface area contributed by atoms with E-state index in [1.54, 1.807) is 12.4 Å². The molecule has 1 N–H and O–H groups in total. The van der Waals surface area contributed by atoms with E-state index in [2.05, 4.69) is 44.0 Å². The molecule has 3 aromatic rings. The fourth-order valence-electron chi connectivity index (χ4n) is 4.07. The smallest absolute Gasteiger partial charge is 0.253 e. The third-order valence-electron chi connectivity index (χ3n) is 5.54. The second kappa shape index (κ2) is 9.24. The molecule has 1 aromatic carbocycles. The molecule has 1 aliphatic heterocycles.